The van der Waals surface area contributed by atoms with Crippen molar-refractivity contribution in [2.45, 2.75) is 33.0 Å². The van der Waals surface area contributed by atoms with Crippen molar-refractivity contribution in [2.75, 3.05) is 39.4 Å². The van der Waals surface area contributed by atoms with Crippen LogP contribution in [0.1, 0.15) is 24.5 Å². The van der Waals surface area contributed by atoms with Crippen LogP contribution in [0.15, 0.2) is 48.0 Å². The van der Waals surface area contributed by atoms with Gasteiger partial charge in [-0.3, -0.25) is 4.90 Å². The predicted molar refractivity (Wildman–Crippen MR) is 128 cm³/mol. The second kappa shape index (κ2) is 13.6. The molecule has 2 aromatic rings. The van der Waals surface area contributed by atoms with Gasteiger partial charge in [0.05, 0.1) is 26.1 Å². The van der Waals surface area contributed by atoms with E-state index >= 15 is 0 Å². The Morgan fingerprint density at radius 2 is 1.97 bits per heavy atom. The van der Waals surface area contributed by atoms with E-state index in [1.165, 1.54) is 11.1 Å². The van der Waals surface area contributed by atoms with Crippen molar-refractivity contribution in [1.82, 2.24) is 25.1 Å². The molecule has 1 fully saturated rings. The van der Waals surface area contributed by atoms with Gasteiger partial charge in [-0.05, 0) is 24.5 Å². The lowest BCUT2D eigenvalue weighted by Crippen LogP contribution is -2.38. The van der Waals surface area contributed by atoms with Crippen molar-refractivity contribution in [1.29, 1.82) is 0 Å². The molecule has 7 nitrogen and oxygen atoms in total. The number of imidazole rings is 1. The highest BCUT2D eigenvalue weighted by molar-refractivity contribution is 14.0. The molecule has 160 valence electrons. The summed E-state index contributed by atoms with van der Waals surface area (Å²) in [6, 6.07) is 8.61. The Balaban J connectivity index is 0.00000300. The quantitative estimate of drug-likeness (QED) is 0.234. The van der Waals surface area contributed by atoms with Crippen LogP contribution in [0.5, 0.6) is 0 Å². The van der Waals surface area contributed by atoms with Gasteiger partial charge in [0.15, 0.2) is 5.96 Å². The zero-order chi connectivity index (χ0) is 19.4. The maximum atomic E-state index is 5.46. The van der Waals surface area contributed by atoms with Crippen molar-refractivity contribution in [3.8, 4) is 0 Å². The van der Waals surface area contributed by atoms with Gasteiger partial charge in [0.25, 0.3) is 0 Å². The van der Waals surface area contributed by atoms with E-state index < -0.39 is 0 Å². The lowest BCUT2D eigenvalue weighted by Gasteiger charge is -2.27. The maximum absolute atomic E-state index is 5.46. The minimum Gasteiger partial charge on any atom is -0.379 e. The molecule has 0 spiro atoms. The molecule has 1 aromatic carbocycles. The molecule has 8 heteroatoms. The van der Waals surface area contributed by atoms with Gasteiger partial charge in [0.1, 0.15) is 0 Å². The second-order valence-electron chi connectivity index (χ2n) is 6.93. The molecule has 0 amide bonds. The summed E-state index contributed by atoms with van der Waals surface area (Å²) in [6.07, 6.45) is 6.68. The van der Waals surface area contributed by atoms with E-state index in [4.69, 9.17) is 9.73 Å². The lowest BCUT2D eigenvalue weighted by molar-refractivity contribution is 0.0341. The summed E-state index contributed by atoms with van der Waals surface area (Å²) >= 11 is 0. The fraction of sp³-hybridized carbons (Fsp3) is 0.524. The molecule has 0 saturated carbocycles. The molecule has 2 heterocycles. The Kier molecular flexibility index (Phi) is 11.0. The molecule has 3 rings (SSSR count). The molecular formula is C21H33IN6O. The molecule has 0 unspecified atom stereocenters. The van der Waals surface area contributed by atoms with E-state index in [9.17, 15) is 0 Å². The largest absolute Gasteiger partial charge is 0.379 e. The van der Waals surface area contributed by atoms with Gasteiger partial charge in [0.2, 0.25) is 0 Å². The van der Waals surface area contributed by atoms with Crippen LogP contribution in [-0.2, 0) is 24.4 Å². The predicted octanol–water partition coefficient (Wildman–Crippen LogP) is 2.48. The third kappa shape index (κ3) is 8.31. The molecule has 0 radical (unpaired) electrons. The van der Waals surface area contributed by atoms with Crippen LogP contribution in [0, 0.1) is 0 Å². The molecule has 1 aliphatic heterocycles. The number of rotatable bonds is 9. The molecule has 1 saturated heterocycles. The molecular weight excluding hydrogens is 479 g/mol. The normalized spacial score (nSPS) is 15.0. The van der Waals surface area contributed by atoms with Gasteiger partial charge in [-0.1, -0.05) is 24.3 Å². The standard InChI is InChI=1S/C21H32N6O.HI/c1-2-23-21(24-8-5-10-27-11-9-22-18-27)25-16-19-6-3-4-7-20(19)17-26-12-14-28-15-13-26;/h3-4,6-7,9,11,18H,2,5,8,10,12-17H2,1H3,(H2,23,24,25);1H. The first-order valence-corrected chi connectivity index (χ1v) is 10.2. The highest BCUT2D eigenvalue weighted by atomic mass is 127. The number of aryl methyl sites for hydroxylation is 1. The SMILES string of the molecule is CCNC(=NCc1ccccc1CN1CCOCC1)NCCCn1ccnc1.I. The van der Waals surface area contributed by atoms with Crippen LogP contribution in [-0.4, -0.2) is 59.8 Å². The zero-order valence-corrected chi connectivity index (χ0v) is 19.5. The second-order valence-corrected chi connectivity index (χ2v) is 6.93. The van der Waals surface area contributed by atoms with Gasteiger partial charge in [-0.2, -0.15) is 0 Å². The number of nitrogens with zero attached hydrogens (tertiary/aromatic N) is 4. The van der Waals surface area contributed by atoms with Gasteiger partial charge < -0.3 is 19.9 Å². The Hall–Kier alpha value is -1.65. The Labute approximate surface area is 191 Å². The summed E-state index contributed by atoms with van der Waals surface area (Å²) < 4.78 is 7.55. The monoisotopic (exact) mass is 512 g/mol. The number of aliphatic imine (C=N–C) groups is 1. The zero-order valence-electron chi connectivity index (χ0n) is 17.2. The minimum absolute atomic E-state index is 0. The van der Waals surface area contributed by atoms with Crippen molar-refractivity contribution >= 4 is 29.9 Å². The van der Waals surface area contributed by atoms with E-state index in [1.807, 2.05) is 18.7 Å². The van der Waals surface area contributed by atoms with Crippen LogP contribution < -0.4 is 10.6 Å². The molecule has 2 N–H and O–H groups in total. The van der Waals surface area contributed by atoms with Crippen LogP contribution in [0.4, 0.5) is 0 Å². The van der Waals surface area contributed by atoms with Crippen LogP contribution in [0.3, 0.4) is 0 Å². The number of guanidine groups is 1. The van der Waals surface area contributed by atoms with Crippen molar-refractivity contribution < 1.29 is 4.74 Å². The number of nitrogens with one attached hydrogen (secondary N) is 2. The molecule has 0 bridgehead atoms. The first kappa shape index (κ1) is 23.6. The summed E-state index contributed by atoms with van der Waals surface area (Å²) in [5.74, 6) is 0.870. The van der Waals surface area contributed by atoms with E-state index in [0.29, 0.717) is 6.54 Å². The summed E-state index contributed by atoms with van der Waals surface area (Å²) in [4.78, 5) is 11.3. The van der Waals surface area contributed by atoms with Gasteiger partial charge in [0, 0.05) is 51.7 Å². The molecule has 1 aliphatic rings. The van der Waals surface area contributed by atoms with Crippen LogP contribution in [0.25, 0.3) is 0 Å². The summed E-state index contributed by atoms with van der Waals surface area (Å²) in [5, 5.41) is 6.77. The average molecular weight is 512 g/mol. The first-order chi connectivity index (χ1) is 13.8. The fourth-order valence-electron chi connectivity index (χ4n) is 3.26. The third-order valence-electron chi connectivity index (χ3n) is 4.81. The Morgan fingerprint density at radius 1 is 1.17 bits per heavy atom. The third-order valence-corrected chi connectivity index (χ3v) is 4.81. The van der Waals surface area contributed by atoms with Crippen LogP contribution in [0.2, 0.25) is 0 Å². The highest BCUT2D eigenvalue weighted by Gasteiger charge is 2.12. The number of benzene rings is 1. The minimum atomic E-state index is 0. The fourth-order valence-corrected chi connectivity index (χ4v) is 3.26. The number of ether oxygens (including phenoxy) is 1. The van der Waals surface area contributed by atoms with Gasteiger partial charge >= 0.3 is 0 Å². The molecule has 0 atom stereocenters. The Bertz CT molecular complexity index is 716. The van der Waals surface area contributed by atoms with E-state index in [-0.39, 0.29) is 24.0 Å². The topological polar surface area (TPSA) is 66.7 Å². The first-order valence-electron chi connectivity index (χ1n) is 10.2. The highest BCUT2D eigenvalue weighted by Crippen LogP contribution is 2.14. The number of hydrogen-bond acceptors (Lipinski definition) is 4. The van der Waals surface area contributed by atoms with Crippen molar-refractivity contribution in [3.05, 3.63) is 54.1 Å². The average Bonchev–Trinajstić information content (AvgIpc) is 3.24. The number of aromatic nitrogens is 2. The van der Waals surface area contributed by atoms with E-state index in [0.717, 1.165) is 64.9 Å². The number of halogens is 1. The van der Waals surface area contributed by atoms with Gasteiger partial charge in [-0.15, -0.1) is 24.0 Å². The molecule has 0 aliphatic carbocycles. The summed E-state index contributed by atoms with van der Waals surface area (Å²) in [6.45, 7) is 10.1. The van der Waals surface area contributed by atoms with Crippen LogP contribution >= 0.6 is 24.0 Å². The van der Waals surface area contributed by atoms with Gasteiger partial charge in [-0.25, -0.2) is 9.98 Å². The number of morpholine rings is 1. The van der Waals surface area contributed by atoms with E-state index in [2.05, 4.69) is 56.3 Å². The summed E-state index contributed by atoms with van der Waals surface area (Å²) in [7, 11) is 0. The van der Waals surface area contributed by atoms with Crippen molar-refractivity contribution in [3.63, 3.8) is 0 Å². The van der Waals surface area contributed by atoms with E-state index in [1.54, 1.807) is 0 Å². The molecule has 1 aromatic heterocycles. The molecule has 29 heavy (non-hydrogen) atoms. The Morgan fingerprint density at radius 3 is 2.69 bits per heavy atom. The van der Waals surface area contributed by atoms with Crippen molar-refractivity contribution in [2.24, 2.45) is 4.99 Å². The summed E-state index contributed by atoms with van der Waals surface area (Å²) in [5.41, 5.74) is 2.63. The number of hydrogen-bond donors (Lipinski definition) is 2. The smallest absolute Gasteiger partial charge is 0.191 e. The lowest BCUT2D eigenvalue weighted by atomic mass is 10.1. The maximum Gasteiger partial charge on any atom is 0.191 e.